The molecule has 206 valence electrons. The summed E-state index contributed by atoms with van der Waals surface area (Å²) in [6.45, 7) is 7.66. The Balaban J connectivity index is 1.53. The average molecular weight is 584 g/mol. The van der Waals surface area contributed by atoms with Crippen LogP contribution in [0.25, 0.3) is 0 Å². The lowest BCUT2D eigenvalue weighted by atomic mass is 10.2. The molecule has 0 aliphatic carbocycles. The molecule has 0 amide bonds. The molecule has 3 aromatic rings. The first-order chi connectivity index (χ1) is 17.9. The third-order valence-corrected chi connectivity index (χ3v) is 9.13. The molecule has 1 aliphatic heterocycles. The molecule has 15 heteroatoms. The molecule has 0 spiro atoms. The Bertz CT molecular complexity index is 1520. The maximum absolute atomic E-state index is 13.0. The van der Waals surface area contributed by atoms with Gasteiger partial charge in [-0.25, -0.2) is 26.7 Å². The number of likely N-dealkylation sites (N-methyl/N-ethyl adjacent to an activating group) is 1. The average Bonchev–Trinajstić information content (AvgIpc) is 3.26. The van der Waals surface area contributed by atoms with Crippen LogP contribution < -0.4 is 19.5 Å². The Kier molecular flexibility index (Phi) is 8.30. The van der Waals surface area contributed by atoms with Crippen LogP contribution in [0.3, 0.4) is 0 Å². The molecule has 38 heavy (non-hydrogen) atoms. The molecular weight excluding hydrogens is 554 g/mol. The number of hydrogen-bond donors (Lipinski definition) is 2. The van der Waals surface area contributed by atoms with Crippen molar-refractivity contribution in [3.05, 3.63) is 53.3 Å². The Labute approximate surface area is 227 Å². The molecule has 0 radical (unpaired) electrons. The second-order valence-electron chi connectivity index (χ2n) is 8.95. The first-order valence-electron chi connectivity index (χ1n) is 11.9. The van der Waals surface area contributed by atoms with E-state index in [9.17, 15) is 16.8 Å². The number of ether oxygens (including phenoxy) is 1. The number of rotatable bonds is 9. The Morgan fingerprint density at radius 1 is 1.08 bits per heavy atom. The van der Waals surface area contributed by atoms with Crippen molar-refractivity contribution in [1.29, 1.82) is 0 Å². The number of anilines is 1. The third kappa shape index (κ3) is 6.27. The lowest BCUT2D eigenvalue weighted by molar-refractivity contribution is 0.312. The highest BCUT2D eigenvalue weighted by Crippen LogP contribution is 2.28. The van der Waals surface area contributed by atoms with Crippen LogP contribution >= 0.6 is 11.6 Å². The topological polar surface area (TPSA) is 153 Å². The maximum atomic E-state index is 13.0. The van der Waals surface area contributed by atoms with Crippen LogP contribution in [0.2, 0.25) is 5.02 Å². The van der Waals surface area contributed by atoms with Gasteiger partial charge in [0.15, 0.2) is 5.82 Å². The summed E-state index contributed by atoms with van der Waals surface area (Å²) in [5, 5.41) is 13.3. The van der Waals surface area contributed by atoms with Gasteiger partial charge in [0, 0.05) is 44.5 Å². The van der Waals surface area contributed by atoms with E-state index in [1.54, 1.807) is 11.5 Å². The zero-order valence-corrected chi connectivity index (χ0v) is 23.6. The third-order valence-electron chi connectivity index (χ3n) is 6.20. The SMILES string of the molecule is CCn1c(Oc2cccc(N3CCN(C)CC3)c2)nnc1[C@@H](C)NS(=O)(=O)c1ccc(Cl)c(S(N)(=O)=O)c1. The second kappa shape index (κ2) is 11.2. The molecule has 4 rings (SSSR count). The van der Waals surface area contributed by atoms with Gasteiger partial charge in [0.05, 0.1) is 16.0 Å². The monoisotopic (exact) mass is 583 g/mol. The first-order valence-corrected chi connectivity index (χ1v) is 15.3. The van der Waals surface area contributed by atoms with Crippen LogP contribution in [0.15, 0.2) is 52.3 Å². The quantitative estimate of drug-likeness (QED) is 0.386. The van der Waals surface area contributed by atoms with E-state index in [-0.39, 0.29) is 15.9 Å². The van der Waals surface area contributed by atoms with Gasteiger partial charge in [-0.3, -0.25) is 4.57 Å². The number of halogens is 1. The molecule has 1 fully saturated rings. The molecule has 1 atom stereocenters. The highest BCUT2D eigenvalue weighted by atomic mass is 35.5. The van der Waals surface area contributed by atoms with E-state index in [1.807, 2.05) is 31.2 Å². The molecule has 0 bridgehead atoms. The smallest absolute Gasteiger partial charge is 0.322 e. The second-order valence-corrected chi connectivity index (χ2v) is 12.6. The van der Waals surface area contributed by atoms with Crippen molar-refractivity contribution in [2.75, 3.05) is 38.1 Å². The van der Waals surface area contributed by atoms with Gasteiger partial charge in [-0.2, -0.15) is 0 Å². The van der Waals surface area contributed by atoms with E-state index in [1.165, 1.54) is 6.07 Å². The van der Waals surface area contributed by atoms with Crippen LogP contribution in [-0.2, 0) is 26.6 Å². The summed E-state index contributed by atoms with van der Waals surface area (Å²) < 4.78 is 59.8. The van der Waals surface area contributed by atoms with E-state index in [4.69, 9.17) is 21.5 Å². The molecule has 3 N–H and O–H groups in total. The van der Waals surface area contributed by atoms with Crippen molar-refractivity contribution < 1.29 is 21.6 Å². The minimum absolute atomic E-state index is 0.177. The fraction of sp³-hybridized carbons (Fsp3) is 0.391. The van der Waals surface area contributed by atoms with Gasteiger partial charge in [-0.05, 0) is 51.2 Å². The number of nitrogens with two attached hydrogens (primary N) is 1. The van der Waals surface area contributed by atoms with Crippen molar-refractivity contribution in [3.63, 3.8) is 0 Å². The predicted octanol–water partition coefficient (Wildman–Crippen LogP) is 2.18. The molecule has 2 aromatic carbocycles. The summed E-state index contributed by atoms with van der Waals surface area (Å²) in [4.78, 5) is 3.78. The molecule has 12 nitrogen and oxygen atoms in total. The molecule has 1 aromatic heterocycles. The van der Waals surface area contributed by atoms with E-state index < -0.39 is 31.0 Å². The van der Waals surface area contributed by atoms with Crippen LogP contribution in [0.5, 0.6) is 11.8 Å². The van der Waals surface area contributed by atoms with Gasteiger partial charge in [0.1, 0.15) is 10.6 Å². The number of nitrogens with one attached hydrogen (secondary N) is 1. The first kappa shape index (κ1) is 28.3. The summed E-state index contributed by atoms with van der Waals surface area (Å²) in [6, 6.07) is 10.4. The van der Waals surface area contributed by atoms with Gasteiger partial charge in [0.25, 0.3) is 0 Å². The van der Waals surface area contributed by atoms with E-state index in [0.29, 0.717) is 18.1 Å². The number of primary sulfonamides is 1. The van der Waals surface area contributed by atoms with Crippen molar-refractivity contribution in [1.82, 2.24) is 24.4 Å². The van der Waals surface area contributed by atoms with Crippen LogP contribution in [-0.4, -0.2) is 69.7 Å². The highest BCUT2D eigenvalue weighted by Gasteiger charge is 2.26. The number of benzene rings is 2. The normalized spacial score (nSPS) is 16.0. The zero-order chi connectivity index (χ0) is 27.7. The fourth-order valence-electron chi connectivity index (χ4n) is 4.13. The number of nitrogens with zero attached hydrogens (tertiary/aromatic N) is 5. The highest BCUT2D eigenvalue weighted by molar-refractivity contribution is 7.90. The largest absolute Gasteiger partial charge is 0.424 e. The van der Waals surface area contributed by atoms with Gasteiger partial charge in [-0.15, -0.1) is 5.10 Å². The van der Waals surface area contributed by atoms with Gasteiger partial charge in [0.2, 0.25) is 20.0 Å². The van der Waals surface area contributed by atoms with Gasteiger partial charge < -0.3 is 14.5 Å². The predicted molar refractivity (Wildman–Crippen MR) is 143 cm³/mol. The van der Waals surface area contributed by atoms with Crippen molar-refractivity contribution in [2.45, 2.75) is 36.2 Å². The fourth-order valence-corrected chi connectivity index (χ4v) is 6.50. The van der Waals surface area contributed by atoms with E-state index in [2.05, 4.69) is 31.8 Å². The molecule has 0 saturated carbocycles. The zero-order valence-electron chi connectivity index (χ0n) is 21.2. The van der Waals surface area contributed by atoms with Crippen molar-refractivity contribution in [2.24, 2.45) is 5.14 Å². The summed E-state index contributed by atoms with van der Waals surface area (Å²) in [7, 11) is -6.28. The van der Waals surface area contributed by atoms with Crippen LogP contribution in [0, 0.1) is 0 Å². The molecule has 0 unspecified atom stereocenters. The minimum Gasteiger partial charge on any atom is -0.424 e. The number of piperazine rings is 1. The van der Waals surface area contributed by atoms with Crippen LogP contribution in [0.4, 0.5) is 5.69 Å². The number of sulfonamides is 2. The molecule has 2 heterocycles. The number of hydrogen-bond acceptors (Lipinski definition) is 9. The minimum atomic E-state index is -4.22. The Morgan fingerprint density at radius 2 is 1.79 bits per heavy atom. The lowest BCUT2D eigenvalue weighted by Crippen LogP contribution is -2.44. The van der Waals surface area contributed by atoms with E-state index >= 15 is 0 Å². The summed E-state index contributed by atoms with van der Waals surface area (Å²) in [5.74, 6) is 0.905. The van der Waals surface area contributed by atoms with Gasteiger partial charge in [-0.1, -0.05) is 22.8 Å². The van der Waals surface area contributed by atoms with E-state index in [0.717, 1.165) is 44.0 Å². The van der Waals surface area contributed by atoms with Crippen molar-refractivity contribution in [3.8, 4) is 11.8 Å². The standard InChI is InChI=1S/C23H30ClN7O5S2/c1-4-31-22(16(2)28-38(34,35)19-8-9-20(24)21(15-19)37(25,32)33)26-27-23(31)36-18-7-5-6-17(14-18)30-12-10-29(3)11-13-30/h5-9,14-16,28H,4,10-13H2,1-3H3,(H2,25,32,33)/t16-/m1/s1. The number of aromatic nitrogens is 3. The van der Waals surface area contributed by atoms with Gasteiger partial charge >= 0.3 is 6.01 Å². The Hall–Kier alpha value is -2.75. The molecule has 1 saturated heterocycles. The van der Waals surface area contributed by atoms with Crippen LogP contribution in [0.1, 0.15) is 25.7 Å². The van der Waals surface area contributed by atoms with Crippen molar-refractivity contribution >= 4 is 37.3 Å². The lowest BCUT2D eigenvalue weighted by Gasteiger charge is -2.34. The maximum Gasteiger partial charge on any atom is 0.322 e. The Morgan fingerprint density at radius 3 is 2.45 bits per heavy atom. The molecular formula is C23H30ClN7O5S2. The summed E-state index contributed by atoms with van der Waals surface area (Å²) >= 11 is 5.89. The summed E-state index contributed by atoms with van der Waals surface area (Å²) in [6.07, 6.45) is 0. The molecule has 1 aliphatic rings. The summed E-state index contributed by atoms with van der Waals surface area (Å²) in [5.41, 5.74) is 1.04.